The lowest BCUT2D eigenvalue weighted by Gasteiger charge is -2.21. The molecule has 0 aliphatic heterocycles. The molecule has 226 valence electrons. The molecule has 0 aromatic heterocycles. The van der Waals surface area contributed by atoms with Crippen LogP contribution in [0.1, 0.15) is 80.0 Å². The van der Waals surface area contributed by atoms with Crippen LogP contribution in [0.25, 0.3) is 0 Å². The van der Waals surface area contributed by atoms with E-state index in [1.54, 1.807) is 0 Å². The number of unbranched alkanes of at least 4 members (excludes halogenated alkanes) is 2. The van der Waals surface area contributed by atoms with Crippen molar-refractivity contribution in [2.75, 3.05) is 13.2 Å². The van der Waals surface area contributed by atoms with Gasteiger partial charge in [0.05, 0.1) is 13.2 Å². The summed E-state index contributed by atoms with van der Waals surface area (Å²) in [5.74, 6) is 0.113. The zero-order valence-corrected chi connectivity index (χ0v) is 24.9. The van der Waals surface area contributed by atoms with Crippen LogP contribution in [0.3, 0.4) is 0 Å². The normalized spacial score (nSPS) is 12.0. The molecule has 42 heavy (non-hydrogen) atoms. The van der Waals surface area contributed by atoms with Gasteiger partial charge in [-0.1, -0.05) is 44.3 Å². The number of aryl methyl sites for hydroxylation is 2. The fraction of sp³-hybridized carbons (Fsp3) is 0.412. The Balaban J connectivity index is 1.95. The first-order chi connectivity index (χ1) is 20.2. The van der Waals surface area contributed by atoms with Crippen molar-refractivity contribution in [1.29, 1.82) is 0 Å². The average Bonchev–Trinajstić information content (AvgIpc) is 2.98. The van der Waals surface area contributed by atoms with Gasteiger partial charge in [-0.2, -0.15) is 0 Å². The molecule has 0 radical (unpaired) electrons. The topological polar surface area (TPSA) is 105 Å². The Morgan fingerprint density at radius 2 is 1.40 bits per heavy atom. The summed E-state index contributed by atoms with van der Waals surface area (Å²) in [5.41, 5.74) is 4.02. The Hall–Kier alpha value is -4.20. The number of aldehydes is 1. The zero-order chi connectivity index (χ0) is 30.9. The first-order valence-electron chi connectivity index (χ1n) is 14.3. The minimum atomic E-state index is -0.488. The van der Waals surface area contributed by atoms with Gasteiger partial charge in [-0.05, 0) is 73.9 Å². The van der Waals surface area contributed by atoms with E-state index in [0.717, 1.165) is 47.1 Å². The highest BCUT2D eigenvalue weighted by Crippen LogP contribution is 2.32. The van der Waals surface area contributed by atoms with Crippen molar-refractivity contribution < 1.29 is 38.1 Å². The highest BCUT2D eigenvalue weighted by atomic mass is 16.5. The lowest BCUT2D eigenvalue weighted by atomic mass is 9.91. The second kappa shape index (κ2) is 18.3. The van der Waals surface area contributed by atoms with Gasteiger partial charge < -0.3 is 23.7 Å². The number of hydrogen-bond donors (Lipinski definition) is 0. The monoisotopic (exact) mass is 578 g/mol. The van der Waals surface area contributed by atoms with Gasteiger partial charge in [-0.15, -0.1) is 0 Å². The van der Waals surface area contributed by atoms with E-state index in [0.29, 0.717) is 50.2 Å². The molecule has 0 bridgehead atoms. The molecule has 0 saturated heterocycles. The summed E-state index contributed by atoms with van der Waals surface area (Å²) in [6.07, 6.45) is 6.55. The second-order valence-corrected chi connectivity index (χ2v) is 10.1. The first kappa shape index (κ1) is 34.0. The van der Waals surface area contributed by atoms with Crippen molar-refractivity contribution in [2.24, 2.45) is 0 Å². The number of ether oxygens (including phenoxy) is 4. The Kier molecular flexibility index (Phi) is 14.8. The maximum atomic E-state index is 12.3. The van der Waals surface area contributed by atoms with E-state index in [2.05, 4.69) is 26.1 Å². The smallest absolute Gasteiger partial charge is 0.330 e. The second-order valence-electron chi connectivity index (χ2n) is 10.1. The van der Waals surface area contributed by atoms with Crippen molar-refractivity contribution in [2.45, 2.75) is 77.7 Å². The molecule has 2 unspecified atom stereocenters. The molecule has 0 spiro atoms. The largest absolute Gasteiger partial charge is 0.490 e. The van der Waals surface area contributed by atoms with Crippen LogP contribution < -0.4 is 9.47 Å². The van der Waals surface area contributed by atoms with Crippen LogP contribution >= 0.6 is 0 Å². The molecule has 8 nitrogen and oxygen atoms in total. The number of hydrogen-bond acceptors (Lipinski definition) is 8. The lowest BCUT2D eigenvalue weighted by Crippen LogP contribution is -2.20. The molecule has 0 aliphatic rings. The maximum Gasteiger partial charge on any atom is 0.330 e. The summed E-state index contributed by atoms with van der Waals surface area (Å²) >= 11 is 0. The van der Waals surface area contributed by atoms with Gasteiger partial charge >= 0.3 is 17.9 Å². The van der Waals surface area contributed by atoms with Gasteiger partial charge in [-0.3, -0.25) is 4.79 Å². The minimum Gasteiger partial charge on any atom is -0.490 e. The average molecular weight is 579 g/mol. The maximum absolute atomic E-state index is 12.3. The standard InChI is InChI=1S/C34H42O8/c1-6-32(36)39-20-10-8-9-13-34(38)42-31-17-15-28(23-25(31)4)26(5)27-14-16-30(24(3)22-27)41-29(12-11-19-35)18-21-40-33(37)7-2/h6-7,14-17,19,22-23,26,29H,1-2,8-13,18,20-21H2,3-5H3. The van der Waals surface area contributed by atoms with Gasteiger partial charge in [-0.25, -0.2) is 9.59 Å². The third kappa shape index (κ3) is 11.7. The molecule has 2 rings (SSSR count). The third-order valence-corrected chi connectivity index (χ3v) is 6.81. The van der Waals surface area contributed by atoms with E-state index in [-0.39, 0.29) is 31.0 Å². The molecule has 0 N–H and O–H groups in total. The van der Waals surface area contributed by atoms with Gasteiger partial charge in [0, 0.05) is 37.3 Å². The van der Waals surface area contributed by atoms with E-state index in [1.807, 2.05) is 44.2 Å². The number of rotatable bonds is 19. The van der Waals surface area contributed by atoms with Crippen LogP contribution in [0.5, 0.6) is 11.5 Å². The minimum absolute atomic E-state index is 0.0839. The third-order valence-electron chi connectivity index (χ3n) is 6.81. The fourth-order valence-corrected chi connectivity index (χ4v) is 4.32. The number of esters is 3. The van der Waals surface area contributed by atoms with Crippen LogP contribution in [-0.4, -0.2) is 43.5 Å². The molecule has 0 fully saturated rings. The quantitative estimate of drug-likeness (QED) is 0.0612. The van der Waals surface area contributed by atoms with E-state index >= 15 is 0 Å². The van der Waals surface area contributed by atoms with E-state index in [1.165, 1.54) is 0 Å². The predicted octanol–water partition coefficient (Wildman–Crippen LogP) is 6.50. The summed E-state index contributed by atoms with van der Waals surface area (Å²) in [4.78, 5) is 45.6. The van der Waals surface area contributed by atoms with Crippen LogP contribution in [0, 0.1) is 13.8 Å². The molecule has 0 amide bonds. The Morgan fingerprint density at radius 3 is 1.98 bits per heavy atom. The number of carbonyl (C=O) groups is 4. The Morgan fingerprint density at radius 1 is 0.810 bits per heavy atom. The number of carbonyl (C=O) groups excluding carboxylic acids is 4. The molecule has 0 saturated carbocycles. The van der Waals surface area contributed by atoms with Crippen molar-refractivity contribution in [1.82, 2.24) is 0 Å². The van der Waals surface area contributed by atoms with Crippen molar-refractivity contribution >= 4 is 24.2 Å². The summed E-state index contributed by atoms with van der Waals surface area (Å²) in [6, 6.07) is 11.8. The molecule has 2 aromatic carbocycles. The molecule has 0 aliphatic carbocycles. The fourth-order valence-electron chi connectivity index (χ4n) is 4.32. The van der Waals surface area contributed by atoms with Gasteiger partial charge in [0.25, 0.3) is 0 Å². The van der Waals surface area contributed by atoms with Crippen molar-refractivity contribution in [3.8, 4) is 11.5 Å². The van der Waals surface area contributed by atoms with Crippen LogP contribution in [-0.2, 0) is 28.7 Å². The van der Waals surface area contributed by atoms with E-state index < -0.39 is 11.9 Å². The molecular weight excluding hydrogens is 536 g/mol. The molecule has 2 aromatic rings. The van der Waals surface area contributed by atoms with Crippen LogP contribution in [0.15, 0.2) is 61.7 Å². The summed E-state index contributed by atoms with van der Waals surface area (Å²) < 4.78 is 21.8. The van der Waals surface area contributed by atoms with Crippen LogP contribution in [0.4, 0.5) is 0 Å². The summed E-state index contributed by atoms with van der Waals surface area (Å²) in [7, 11) is 0. The molecular formula is C34H42O8. The SMILES string of the molecule is C=CC(=O)OCCCCCC(=O)Oc1ccc(C(C)c2ccc(OC(CCC=O)CCOC(=O)C=C)c(C)c2)cc1C. The molecule has 8 heteroatoms. The van der Waals surface area contributed by atoms with Gasteiger partial charge in [0.1, 0.15) is 23.9 Å². The summed E-state index contributed by atoms with van der Waals surface area (Å²) in [5, 5.41) is 0. The lowest BCUT2D eigenvalue weighted by molar-refractivity contribution is -0.139. The molecule has 2 atom stereocenters. The highest BCUT2D eigenvalue weighted by Gasteiger charge is 2.16. The highest BCUT2D eigenvalue weighted by molar-refractivity contribution is 5.81. The van der Waals surface area contributed by atoms with Crippen molar-refractivity contribution in [3.05, 3.63) is 84.0 Å². The van der Waals surface area contributed by atoms with E-state index in [9.17, 15) is 19.2 Å². The Labute approximate surface area is 248 Å². The zero-order valence-electron chi connectivity index (χ0n) is 24.9. The van der Waals surface area contributed by atoms with Crippen molar-refractivity contribution in [3.63, 3.8) is 0 Å². The number of benzene rings is 2. The Bertz CT molecular complexity index is 1230. The summed E-state index contributed by atoms with van der Waals surface area (Å²) in [6.45, 7) is 13.2. The molecule has 0 heterocycles. The van der Waals surface area contributed by atoms with Gasteiger partial charge in [0.15, 0.2) is 0 Å². The van der Waals surface area contributed by atoms with Crippen LogP contribution in [0.2, 0.25) is 0 Å². The first-order valence-corrected chi connectivity index (χ1v) is 14.3. The van der Waals surface area contributed by atoms with Gasteiger partial charge in [0.2, 0.25) is 0 Å². The van der Waals surface area contributed by atoms with E-state index in [4.69, 9.17) is 18.9 Å². The predicted molar refractivity (Wildman–Crippen MR) is 161 cm³/mol.